The van der Waals surface area contributed by atoms with E-state index in [2.05, 4.69) is 74.6 Å². The quantitative estimate of drug-likeness (QED) is 0.0196. The minimum absolute atomic E-state index is 0.0341. The predicted molar refractivity (Wildman–Crippen MR) is 254 cm³/mol. The number of phosphoric ester groups is 1. The summed E-state index contributed by atoms with van der Waals surface area (Å²) in [4.78, 5) is 37.6. The van der Waals surface area contributed by atoms with Gasteiger partial charge >= 0.3 is 11.9 Å². The number of allylic oxidation sites excluding steroid dienone is 10. The van der Waals surface area contributed by atoms with Gasteiger partial charge in [0, 0.05) is 12.8 Å². The van der Waals surface area contributed by atoms with E-state index in [1.54, 1.807) is 0 Å². The number of carbonyl (C=O) groups excluding carboxylic acids is 2. The molecule has 0 heterocycles. The maximum Gasteiger partial charge on any atom is 0.306 e. The Bertz CT molecular complexity index is 1220. The molecule has 0 amide bonds. The second-order valence-corrected chi connectivity index (χ2v) is 18.9. The first-order valence-corrected chi connectivity index (χ1v) is 26.0. The lowest BCUT2D eigenvalue weighted by atomic mass is 10.0. The largest absolute Gasteiger partial charge is 0.756 e. The molecule has 0 N–H and O–H groups in total. The standard InChI is InChI=1S/C51H92NO8P/c1-6-8-10-12-14-16-18-20-21-22-23-24-25-26-27-28-29-30-31-32-34-36-38-40-42-44-51(54)60-49(48-59-61(55,56)58-46-45-52(3,4)5)47-57-50(53)43-41-39-37-35-33-19-17-15-13-11-9-7-2/h8,10,14-17,20-21,23-24,49H,6-7,9,11-13,18-19,22,25-48H2,1-5H3/b10-8-,16-14-,17-15-,21-20-,24-23-. The molecule has 0 bridgehead atoms. The molecule has 0 fully saturated rings. The molecule has 0 aromatic heterocycles. The third-order valence-corrected chi connectivity index (χ3v) is 11.2. The van der Waals surface area contributed by atoms with Crippen molar-refractivity contribution in [2.45, 2.75) is 206 Å². The van der Waals surface area contributed by atoms with E-state index in [-0.39, 0.29) is 26.1 Å². The highest BCUT2D eigenvalue weighted by Gasteiger charge is 2.21. The number of carbonyl (C=O) groups is 2. The van der Waals surface area contributed by atoms with Crippen LogP contribution in [0.4, 0.5) is 0 Å². The molecule has 0 aromatic carbocycles. The van der Waals surface area contributed by atoms with Crippen LogP contribution in [-0.4, -0.2) is 70.0 Å². The van der Waals surface area contributed by atoms with Crippen LogP contribution in [-0.2, 0) is 32.7 Å². The van der Waals surface area contributed by atoms with Crippen LogP contribution < -0.4 is 4.89 Å². The summed E-state index contributed by atoms with van der Waals surface area (Å²) in [6, 6.07) is 0. The molecule has 0 saturated heterocycles. The number of phosphoric acid groups is 1. The van der Waals surface area contributed by atoms with Gasteiger partial charge in [0.25, 0.3) is 7.82 Å². The summed E-state index contributed by atoms with van der Waals surface area (Å²) in [5, 5.41) is 0. The SMILES string of the molecule is CC/C=C\C/C=C\C/C=C\C/C=C\CCCCCCCCCCCCCCC(=O)OC(COC(=O)CCCCCCC/C=C\CCCCC)COP(=O)([O-])OCC[N+](C)(C)C. The lowest BCUT2D eigenvalue weighted by Gasteiger charge is -2.28. The molecule has 0 aromatic rings. The van der Waals surface area contributed by atoms with Crippen LogP contribution in [0.2, 0.25) is 0 Å². The number of hydrogen-bond donors (Lipinski definition) is 0. The molecule has 10 heteroatoms. The lowest BCUT2D eigenvalue weighted by molar-refractivity contribution is -0.870. The molecular formula is C51H92NO8P. The molecule has 0 spiro atoms. The Hall–Kier alpha value is -2.29. The molecule has 61 heavy (non-hydrogen) atoms. The van der Waals surface area contributed by atoms with Crippen molar-refractivity contribution in [1.29, 1.82) is 0 Å². The molecule has 0 saturated carbocycles. The first-order chi connectivity index (χ1) is 29.5. The minimum atomic E-state index is -4.63. The van der Waals surface area contributed by atoms with Crippen LogP contribution in [0.3, 0.4) is 0 Å². The highest BCUT2D eigenvalue weighted by atomic mass is 31.2. The van der Waals surface area contributed by atoms with E-state index in [9.17, 15) is 19.0 Å². The van der Waals surface area contributed by atoms with Crippen molar-refractivity contribution in [2.75, 3.05) is 47.5 Å². The van der Waals surface area contributed by atoms with Crippen molar-refractivity contribution in [3.05, 3.63) is 60.8 Å². The van der Waals surface area contributed by atoms with Crippen LogP contribution >= 0.6 is 7.82 Å². The maximum absolute atomic E-state index is 12.7. The predicted octanol–water partition coefficient (Wildman–Crippen LogP) is 13.8. The molecule has 354 valence electrons. The summed E-state index contributed by atoms with van der Waals surface area (Å²) in [7, 11) is 1.16. The number of nitrogens with zero attached hydrogens (tertiary/aromatic N) is 1. The van der Waals surface area contributed by atoms with Crippen molar-refractivity contribution in [2.24, 2.45) is 0 Å². The molecular weight excluding hydrogens is 786 g/mol. The Kier molecular flexibility index (Phi) is 41.4. The number of unbranched alkanes of at least 4 members (excludes halogenated alkanes) is 20. The lowest BCUT2D eigenvalue weighted by Crippen LogP contribution is -2.37. The average Bonchev–Trinajstić information content (AvgIpc) is 3.21. The van der Waals surface area contributed by atoms with Crippen molar-refractivity contribution in [1.82, 2.24) is 0 Å². The number of likely N-dealkylation sites (N-methyl/N-ethyl adjacent to an activating group) is 1. The monoisotopic (exact) mass is 878 g/mol. The fourth-order valence-electron chi connectivity index (χ4n) is 6.46. The van der Waals surface area contributed by atoms with E-state index in [0.717, 1.165) is 83.5 Å². The van der Waals surface area contributed by atoms with Gasteiger partial charge in [0.05, 0.1) is 27.7 Å². The Labute approximate surface area is 375 Å². The molecule has 0 rings (SSSR count). The van der Waals surface area contributed by atoms with E-state index >= 15 is 0 Å². The van der Waals surface area contributed by atoms with Gasteiger partial charge in [0.2, 0.25) is 0 Å². The highest BCUT2D eigenvalue weighted by Crippen LogP contribution is 2.38. The van der Waals surface area contributed by atoms with Gasteiger partial charge in [0.15, 0.2) is 6.10 Å². The first-order valence-electron chi connectivity index (χ1n) is 24.5. The fraction of sp³-hybridized carbons (Fsp3) is 0.765. The van der Waals surface area contributed by atoms with Crippen LogP contribution in [0.25, 0.3) is 0 Å². The van der Waals surface area contributed by atoms with Crippen LogP contribution in [0.5, 0.6) is 0 Å². The van der Waals surface area contributed by atoms with Crippen LogP contribution in [0.15, 0.2) is 60.8 Å². The summed E-state index contributed by atoms with van der Waals surface area (Å²) >= 11 is 0. The summed E-state index contributed by atoms with van der Waals surface area (Å²) in [6.45, 7) is 4.08. The van der Waals surface area contributed by atoms with Crippen molar-refractivity contribution >= 4 is 19.8 Å². The zero-order valence-electron chi connectivity index (χ0n) is 39.8. The maximum atomic E-state index is 12.7. The number of ether oxygens (including phenoxy) is 2. The second-order valence-electron chi connectivity index (χ2n) is 17.4. The molecule has 2 unspecified atom stereocenters. The fourth-order valence-corrected chi connectivity index (χ4v) is 7.19. The first kappa shape index (κ1) is 58.7. The molecule has 0 radical (unpaired) electrons. The summed E-state index contributed by atoms with van der Waals surface area (Å²) in [5.41, 5.74) is 0. The molecule has 9 nitrogen and oxygen atoms in total. The molecule has 2 atom stereocenters. The van der Waals surface area contributed by atoms with Gasteiger partial charge in [0.1, 0.15) is 19.8 Å². The number of rotatable bonds is 44. The third-order valence-electron chi connectivity index (χ3n) is 10.3. The van der Waals surface area contributed by atoms with Crippen LogP contribution in [0.1, 0.15) is 200 Å². The third kappa shape index (κ3) is 47.0. The summed E-state index contributed by atoms with van der Waals surface area (Å²) in [6.07, 6.45) is 52.5. The second kappa shape index (κ2) is 43.0. The molecule has 0 aliphatic carbocycles. The van der Waals surface area contributed by atoms with Gasteiger partial charge < -0.3 is 27.9 Å². The van der Waals surface area contributed by atoms with Crippen molar-refractivity contribution in [3.63, 3.8) is 0 Å². The summed E-state index contributed by atoms with van der Waals surface area (Å²) in [5.74, 6) is -0.848. The Balaban J connectivity index is 4.21. The zero-order chi connectivity index (χ0) is 45.0. The summed E-state index contributed by atoms with van der Waals surface area (Å²) < 4.78 is 34.0. The Morgan fingerprint density at radius 3 is 1.41 bits per heavy atom. The normalized spacial score (nSPS) is 14.0. The molecule has 0 aliphatic rings. The molecule has 0 aliphatic heterocycles. The van der Waals surface area contributed by atoms with Gasteiger partial charge in [-0.25, -0.2) is 0 Å². The number of esters is 2. The highest BCUT2D eigenvalue weighted by molar-refractivity contribution is 7.45. The minimum Gasteiger partial charge on any atom is -0.756 e. The van der Waals surface area contributed by atoms with E-state index < -0.39 is 32.5 Å². The van der Waals surface area contributed by atoms with E-state index in [0.29, 0.717) is 17.4 Å². The Morgan fingerprint density at radius 2 is 0.934 bits per heavy atom. The van der Waals surface area contributed by atoms with Gasteiger partial charge in [-0.15, -0.1) is 0 Å². The number of quaternary nitrogens is 1. The average molecular weight is 878 g/mol. The van der Waals surface area contributed by atoms with Gasteiger partial charge in [-0.1, -0.05) is 171 Å². The van der Waals surface area contributed by atoms with Gasteiger partial charge in [-0.05, 0) is 77.0 Å². The zero-order valence-corrected chi connectivity index (χ0v) is 40.7. The van der Waals surface area contributed by atoms with Crippen molar-refractivity contribution in [3.8, 4) is 0 Å². The van der Waals surface area contributed by atoms with Gasteiger partial charge in [-0.3, -0.25) is 14.2 Å². The number of hydrogen-bond acceptors (Lipinski definition) is 8. The van der Waals surface area contributed by atoms with E-state index in [1.807, 2.05) is 21.1 Å². The van der Waals surface area contributed by atoms with E-state index in [1.165, 1.54) is 83.5 Å². The van der Waals surface area contributed by atoms with Gasteiger partial charge in [-0.2, -0.15) is 0 Å². The van der Waals surface area contributed by atoms with E-state index in [4.69, 9.17) is 18.5 Å². The topological polar surface area (TPSA) is 111 Å². The Morgan fingerprint density at radius 1 is 0.525 bits per heavy atom. The van der Waals surface area contributed by atoms with Crippen LogP contribution in [0, 0.1) is 0 Å². The smallest absolute Gasteiger partial charge is 0.306 e. The van der Waals surface area contributed by atoms with Crippen molar-refractivity contribution < 1.29 is 42.1 Å².